The Hall–Kier alpha value is -3.28. The fraction of sp³-hybridized carbons (Fsp3) is 0.111. The van der Waals surface area contributed by atoms with Gasteiger partial charge in [0, 0.05) is 17.4 Å². The summed E-state index contributed by atoms with van der Waals surface area (Å²) in [6, 6.07) is 14.3. The first-order chi connectivity index (χ1) is 11.6. The molecule has 6 nitrogen and oxygen atoms in total. The van der Waals surface area contributed by atoms with E-state index >= 15 is 0 Å². The highest BCUT2D eigenvalue weighted by atomic mass is 16.4. The third-order valence-electron chi connectivity index (χ3n) is 3.86. The van der Waals surface area contributed by atoms with Gasteiger partial charge in [0.1, 0.15) is 5.52 Å². The quantitative estimate of drug-likeness (QED) is 0.562. The molecule has 0 saturated carbocycles. The molecule has 0 aliphatic rings. The van der Waals surface area contributed by atoms with Crippen molar-refractivity contribution in [3.8, 4) is 11.3 Å². The fourth-order valence-corrected chi connectivity index (χ4v) is 2.77. The number of rotatable bonds is 3. The van der Waals surface area contributed by atoms with Crippen LogP contribution < -0.4 is 11.2 Å². The lowest BCUT2D eigenvalue weighted by Gasteiger charge is -2.02. The van der Waals surface area contributed by atoms with Crippen molar-refractivity contribution in [2.45, 2.75) is 13.8 Å². The number of nitrogens with zero attached hydrogens (tertiary/aromatic N) is 3. The van der Waals surface area contributed by atoms with Crippen LogP contribution in [0.1, 0.15) is 11.1 Å². The highest BCUT2D eigenvalue weighted by Crippen LogP contribution is 2.26. The molecular formula is C18H17N5O. The largest absolute Gasteiger partial charge is 0.423 e. The summed E-state index contributed by atoms with van der Waals surface area (Å²) in [5.41, 5.74) is 6.65. The molecule has 0 bridgehead atoms. The van der Waals surface area contributed by atoms with Crippen LogP contribution in [0.15, 0.2) is 53.1 Å². The first-order valence-electron chi connectivity index (χ1n) is 7.64. The van der Waals surface area contributed by atoms with Crippen molar-refractivity contribution >= 4 is 22.8 Å². The Balaban J connectivity index is 1.60. The second-order valence-corrected chi connectivity index (χ2v) is 5.83. The lowest BCUT2D eigenvalue weighted by atomic mass is 10.1. The molecule has 120 valence electrons. The molecule has 0 fully saturated rings. The lowest BCUT2D eigenvalue weighted by molar-refractivity contribution is 0.620. The Morgan fingerprint density at radius 1 is 1.08 bits per heavy atom. The highest BCUT2D eigenvalue weighted by molar-refractivity contribution is 5.79. The number of nitrogens with one attached hydrogen (secondary N) is 1. The van der Waals surface area contributed by atoms with Crippen molar-refractivity contribution in [3.63, 3.8) is 0 Å². The molecule has 0 amide bonds. The molecule has 3 N–H and O–H groups in total. The van der Waals surface area contributed by atoms with E-state index in [1.807, 2.05) is 43.3 Å². The average molecular weight is 319 g/mol. The van der Waals surface area contributed by atoms with Crippen LogP contribution >= 0.6 is 0 Å². The van der Waals surface area contributed by atoms with Gasteiger partial charge in [-0.3, -0.25) is 0 Å². The van der Waals surface area contributed by atoms with Gasteiger partial charge in [0.05, 0.1) is 5.69 Å². The zero-order valence-electron chi connectivity index (χ0n) is 13.4. The van der Waals surface area contributed by atoms with Gasteiger partial charge < -0.3 is 15.6 Å². The van der Waals surface area contributed by atoms with E-state index in [1.54, 1.807) is 6.20 Å². The van der Waals surface area contributed by atoms with Gasteiger partial charge in [-0.15, -0.1) is 0 Å². The smallest absolute Gasteiger partial charge is 0.300 e. The Morgan fingerprint density at radius 3 is 2.58 bits per heavy atom. The number of fused-ring (bicyclic) bond motifs is 1. The summed E-state index contributed by atoms with van der Waals surface area (Å²) in [5.74, 6) is 5.58. The third kappa shape index (κ3) is 2.58. The number of aryl methyl sites for hydroxylation is 2. The molecule has 2 heterocycles. The minimum atomic E-state index is 0.484. The molecule has 0 unspecified atom stereocenters. The summed E-state index contributed by atoms with van der Waals surface area (Å²) >= 11 is 0. The second-order valence-electron chi connectivity index (χ2n) is 5.83. The minimum Gasteiger partial charge on any atom is -0.423 e. The maximum atomic E-state index is 5.82. The van der Waals surface area contributed by atoms with Gasteiger partial charge in [0.2, 0.25) is 0 Å². The number of hydrogen-bond acceptors (Lipinski definition) is 5. The Morgan fingerprint density at radius 2 is 1.88 bits per heavy atom. The SMILES string of the molecule is Cc1cc(C)c2oc(Nc3ccc(-c4ccn(N)n4)cc3)nc2c1. The van der Waals surface area contributed by atoms with Crippen LogP contribution in [-0.4, -0.2) is 14.9 Å². The van der Waals surface area contributed by atoms with Crippen LogP contribution in [0, 0.1) is 13.8 Å². The molecule has 0 atom stereocenters. The molecule has 6 heteroatoms. The van der Waals surface area contributed by atoms with Crippen LogP contribution in [0.25, 0.3) is 22.4 Å². The third-order valence-corrected chi connectivity index (χ3v) is 3.86. The van der Waals surface area contributed by atoms with E-state index in [9.17, 15) is 0 Å². The minimum absolute atomic E-state index is 0.484. The van der Waals surface area contributed by atoms with Crippen LogP contribution in [-0.2, 0) is 0 Å². The average Bonchev–Trinajstić information content (AvgIpc) is 3.14. The van der Waals surface area contributed by atoms with Crippen LogP contribution in [0.2, 0.25) is 0 Å². The molecule has 0 aliphatic heterocycles. The maximum Gasteiger partial charge on any atom is 0.300 e. The summed E-state index contributed by atoms with van der Waals surface area (Å²) < 4.78 is 5.82. The Kier molecular flexibility index (Phi) is 3.23. The van der Waals surface area contributed by atoms with E-state index < -0.39 is 0 Å². The summed E-state index contributed by atoms with van der Waals surface area (Å²) in [5, 5.41) is 7.38. The zero-order chi connectivity index (χ0) is 16.7. The van der Waals surface area contributed by atoms with Gasteiger partial charge in [-0.25, -0.2) is 0 Å². The molecule has 2 aromatic carbocycles. The van der Waals surface area contributed by atoms with E-state index in [0.29, 0.717) is 6.01 Å². The van der Waals surface area contributed by atoms with E-state index in [4.69, 9.17) is 10.3 Å². The second kappa shape index (κ2) is 5.42. The highest BCUT2D eigenvalue weighted by Gasteiger charge is 2.09. The van der Waals surface area contributed by atoms with Gasteiger partial charge in [0.25, 0.3) is 6.01 Å². The molecule has 4 aromatic rings. The van der Waals surface area contributed by atoms with Gasteiger partial charge in [-0.05, 0) is 49.2 Å². The number of oxazole rings is 1. The summed E-state index contributed by atoms with van der Waals surface area (Å²) in [6.45, 7) is 4.07. The fourth-order valence-electron chi connectivity index (χ4n) is 2.77. The Bertz CT molecular complexity index is 1010. The predicted molar refractivity (Wildman–Crippen MR) is 94.6 cm³/mol. The Labute approximate surface area is 138 Å². The monoisotopic (exact) mass is 319 g/mol. The van der Waals surface area contributed by atoms with Gasteiger partial charge in [-0.2, -0.15) is 14.9 Å². The first-order valence-corrected chi connectivity index (χ1v) is 7.64. The molecule has 2 aromatic heterocycles. The van der Waals surface area contributed by atoms with Crippen molar-refractivity contribution in [2.24, 2.45) is 0 Å². The van der Waals surface area contributed by atoms with Crippen LogP contribution in [0.4, 0.5) is 11.7 Å². The normalized spacial score (nSPS) is 11.1. The number of benzene rings is 2. The molecule has 0 aliphatic carbocycles. The van der Waals surface area contributed by atoms with E-state index in [0.717, 1.165) is 33.6 Å². The molecular weight excluding hydrogens is 302 g/mol. The summed E-state index contributed by atoms with van der Waals surface area (Å²) in [6.07, 6.45) is 1.71. The van der Waals surface area contributed by atoms with Crippen LogP contribution in [0.3, 0.4) is 0 Å². The molecule has 0 saturated heterocycles. The molecule has 0 spiro atoms. The summed E-state index contributed by atoms with van der Waals surface area (Å²) in [7, 11) is 0. The standard InChI is InChI=1S/C18H17N5O/c1-11-9-12(2)17-16(10-11)21-18(24-17)20-14-5-3-13(4-6-14)15-7-8-23(19)22-15/h3-10H,19H2,1-2H3,(H,20,21). The van der Waals surface area contributed by atoms with E-state index in [-0.39, 0.29) is 0 Å². The summed E-state index contributed by atoms with van der Waals surface area (Å²) in [4.78, 5) is 5.80. The van der Waals surface area contributed by atoms with Gasteiger partial charge >= 0.3 is 0 Å². The van der Waals surface area contributed by atoms with Crippen molar-refractivity contribution < 1.29 is 4.42 Å². The zero-order valence-corrected chi connectivity index (χ0v) is 13.4. The number of hydrogen-bond donors (Lipinski definition) is 2. The number of aromatic nitrogens is 3. The number of nitrogens with two attached hydrogens (primary N) is 1. The topological polar surface area (TPSA) is 81.9 Å². The van der Waals surface area contributed by atoms with Crippen molar-refractivity contribution in [2.75, 3.05) is 11.2 Å². The van der Waals surface area contributed by atoms with E-state index in [1.165, 1.54) is 10.4 Å². The maximum absolute atomic E-state index is 5.82. The molecule has 24 heavy (non-hydrogen) atoms. The van der Waals surface area contributed by atoms with Crippen molar-refractivity contribution in [3.05, 3.63) is 59.8 Å². The van der Waals surface area contributed by atoms with Crippen LogP contribution in [0.5, 0.6) is 0 Å². The van der Waals surface area contributed by atoms with Crippen molar-refractivity contribution in [1.82, 2.24) is 14.9 Å². The lowest BCUT2D eigenvalue weighted by Crippen LogP contribution is -2.07. The number of nitrogen functional groups attached to an aromatic ring is 1. The predicted octanol–water partition coefficient (Wildman–Crippen LogP) is 3.77. The molecule has 4 rings (SSSR count). The van der Waals surface area contributed by atoms with E-state index in [2.05, 4.69) is 28.4 Å². The van der Waals surface area contributed by atoms with Gasteiger partial charge in [-0.1, -0.05) is 18.2 Å². The van der Waals surface area contributed by atoms with Gasteiger partial charge in [0.15, 0.2) is 5.58 Å². The number of anilines is 2. The van der Waals surface area contributed by atoms with Crippen molar-refractivity contribution in [1.29, 1.82) is 0 Å². The first kappa shape index (κ1) is 14.3. The molecule has 0 radical (unpaired) electrons.